The van der Waals surface area contributed by atoms with Crippen LogP contribution in [0.2, 0.25) is 0 Å². The van der Waals surface area contributed by atoms with E-state index >= 15 is 0 Å². The summed E-state index contributed by atoms with van der Waals surface area (Å²) in [5, 5.41) is 9.17. The van der Waals surface area contributed by atoms with Crippen LogP contribution in [0.5, 0.6) is 5.75 Å². The Labute approximate surface area is 75.9 Å². The van der Waals surface area contributed by atoms with Crippen molar-refractivity contribution < 1.29 is 18.1 Å². The Bertz CT molecular complexity index is 433. The molecule has 1 rings (SSSR count). The van der Waals surface area contributed by atoms with Gasteiger partial charge in [-0.25, -0.2) is 0 Å². The molecule has 0 spiro atoms. The molecule has 0 saturated heterocycles. The average Bonchev–Trinajstić information content (AvgIpc) is 2.01. The van der Waals surface area contributed by atoms with Crippen LogP contribution in [-0.2, 0) is 10.1 Å². The fraction of sp³-hybridized carbons (Fsp3) is 0. The number of phenols is 1. The molecular formula is C8H8O4S. The third kappa shape index (κ3) is 1.88. The van der Waals surface area contributed by atoms with Crippen LogP contribution in [0.15, 0.2) is 29.7 Å². The minimum Gasteiger partial charge on any atom is -0.506 e. The molecule has 0 bridgehead atoms. The van der Waals surface area contributed by atoms with Gasteiger partial charge < -0.3 is 5.11 Å². The highest BCUT2D eigenvalue weighted by atomic mass is 32.2. The van der Waals surface area contributed by atoms with Crippen LogP contribution in [0, 0.1) is 0 Å². The lowest BCUT2D eigenvalue weighted by molar-refractivity contribution is 0.443. The van der Waals surface area contributed by atoms with Crippen LogP contribution >= 0.6 is 0 Å². The second kappa shape index (κ2) is 3.20. The van der Waals surface area contributed by atoms with E-state index in [0.717, 1.165) is 0 Å². The van der Waals surface area contributed by atoms with Crippen LogP contribution < -0.4 is 0 Å². The van der Waals surface area contributed by atoms with Crippen molar-refractivity contribution in [2.75, 3.05) is 0 Å². The molecule has 0 radical (unpaired) electrons. The summed E-state index contributed by atoms with van der Waals surface area (Å²) in [6, 6.07) is 4.06. The van der Waals surface area contributed by atoms with Crippen molar-refractivity contribution in [3.8, 4) is 5.75 Å². The minimum atomic E-state index is -4.40. The normalized spacial score (nSPS) is 11.2. The Balaban J connectivity index is 3.59. The van der Waals surface area contributed by atoms with Crippen LogP contribution in [0.25, 0.3) is 6.08 Å². The second-order valence-corrected chi connectivity index (χ2v) is 3.73. The third-order valence-corrected chi connectivity index (χ3v) is 2.46. The second-order valence-electron chi connectivity index (χ2n) is 2.37. The fourth-order valence-corrected chi connectivity index (χ4v) is 1.77. The molecule has 13 heavy (non-hydrogen) atoms. The first kappa shape index (κ1) is 9.76. The molecule has 0 unspecified atom stereocenters. The summed E-state index contributed by atoms with van der Waals surface area (Å²) in [5.41, 5.74) is 0.169. The predicted molar refractivity (Wildman–Crippen MR) is 48.0 cm³/mol. The lowest BCUT2D eigenvalue weighted by Crippen LogP contribution is -2.00. The zero-order valence-electron chi connectivity index (χ0n) is 6.64. The standard InChI is InChI=1S/C8H8O4S/c1-2-6-4-3-5-7(9)8(6)13(10,11)12/h2-5,9H,1H2,(H,10,11,12). The molecule has 0 amide bonds. The van der Waals surface area contributed by atoms with Crippen molar-refractivity contribution in [3.05, 3.63) is 30.3 Å². The van der Waals surface area contributed by atoms with Crippen molar-refractivity contribution >= 4 is 16.2 Å². The molecule has 0 aliphatic carbocycles. The zero-order chi connectivity index (χ0) is 10.1. The Morgan fingerprint density at radius 2 is 2.00 bits per heavy atom. The number of phenolic OH excluding ortho intramolecular Hbond substituents is 1. The summed E-state index contributed by atoms with van der Waals surface area (Å²) in [6.07, 6.45) is 1.24. The summed E-state index contributed by atoms with van der Waals surface area (Å²) in [7, 11) is -4.40. The van der Waals surface area contributed by atoms with Crippen LogP contribution in [-0.4, -0.2) is 18.1 Å². The minimum absolute atomic E-state index is 0.169. The monoisotopic (exact) mass is 200 g/mol. The molecule has 1 aromatic carbocycles. The number of benzene rings is 1. The first-order valence-electron chi connectivity index (χ1n) is 3.38. The third-order valence-electron chi connectivity index (χ3n) is 1.50. The van der Waals surface area contributed by atoms with Gasteiger partial charge in [-0.2, -0.15) is 8.42 Å². The Morgan fingerprint density at radius 3 is 2.38 bits per heavy atom. The van der Waals surface area contributed by atoms with Gasteiger partial charge in [-0.3, -0.25) is 4.55 Å². The van der Waals surface area contributed by atoms with Gasteiger partial charge in [0.25, 0.3) is 10.1 Å². The van der Waals surface area contributed by atoms with Gasteiger partial charge in [-0.05, 0) is 11.6 Å². The van der Waals surface area contributed by atoms with Gasteiger partial charge >= 0.3 is 0 Å². The lowest BCUT2D eigenvalue weighted by Gasteiger charge is -2.03. The van der Waals surface area contributed by atoms with E-state index in [1.54, 1.807) is 0 Å². The maximum absolute atomic E-state index is 10.8. The smallest absolute Gasteiger partial charge is 0.298 e. The first-order chi connectivity index (χ1) is 5.96. The number of rotatable bonds is 2. The maximum atomic E-state index is 10.8. The van der Waals surface area contributed by atoms with Gasteiger partial charge in [0, 0.05) is 0 Å². The summed E-state index contributed by atoms with van der Waals surface area (Å²) in [5.74, 6) is -0.486. The van der Waals surface area contributed by atoms with Crippen molar-refractivity contribution in [1.29, 1.82) is 0 Å². The topological polar surface area (TPSA) is 74.6 Å². The Morgan fingerprint density at radius 1 is 1.38 bits per heavy atom. The quantitative estimate of drug-likeness (QED) is 0.705. The first-order valence-corrected chi connectivity index (χ1v) is 4.82. The highest BCUT2D eigenvalue weighted by Crippen LogP contribution is 2.26. The molecular weight excluding hydrogens is 192 g/mol. The van der Waals surface area contributed by atoms with Gasteiger partial charge in [0.15, 0.2) is 0 Å². The molecule has 1 aromatic rings. The van der Waals surface area contributed by atoms with Crippen LogP contribution in [0.4, 0.5) is 0 Å². The van der Waals surface area contributed by atoms with Crippen molar-refractivity contribution in [3.63, 3.8) is 0 Å². The summed E-state index contributed by atoms with van der Waals surface area (Å²) in [4.78, 5) is -0.509. The van der Waals surface area contributed by atoms with Crippen molar-refractivity contribution in [2.24, 2.45) is 0 Å². The van der Waals surface area contributed by atoms with Gasteiger partial charge in [0.1, 0.15) is 10.6 Å². The van der Waals surface area contributed by atoms with E-state index in [2.05, 4.69) is 6.58 Å². The molecule has 5 heteroatoms. The molecule has 0 fully saturated rings. The van der Waals surface area contributed by atoms with E-state index in [1.807, 2.05) is 0 Å². The van der Waals surface area contributed by atoms with Gasteiger partial charge in [0.2, 0.25) is 0 Å². The fourth-order valence-electron chi connectivity index (χ4n) is 0.984. The van der Waals surface area contributed by atoms with Crippen LogP contribution in [0.1, 0.15) is 5.56 Å². The number of hydrogen-bond donors (Lipinski definition) is 2. The largest absolute Gasteiger partial charge is 0.506 e. The molecule has 0 atom stereocenters. The van der Waals surface area contributed by atoms with E-state index in [9.17, 15) is 13.5 Å². The van der Waals surface area contributed by atoms with E-state index in [-0.39, 0.29) is 5.56 Å². The van der Waals surface area contributed by atoms with Gasteiger partial charge in [0.05, 0.1) is 0 Å². The summed E-state index contributed by atoms with van der Waals surface area (Å²) >= 11 is 0. The Hall–Kier alpha value is -1.33. The highest BCUT2D eigenvalue weighted by Gasteiger charge is 2.18. The predicted octanol–water partition coefficient (Wildman–Crippen LogP) is 1.28. The zero-order valence-corrected chi connectivity index (χ0v) is 7.45. The lowest BCUT2D eigenvalue weighted by atomic mass is 10.2. The number of aromatic hydroxyl groups is 1. The van der Waals surface area contributed by atoms with Gasteiger partial charge in [-0.1, -0.05) is 24.8 Å². The Kier molecular flexibility index (Phi) is 2.40. The van der Waals surface area contributed by atoms with Crippen molar-refractivity contribution in [2.45, 2.75) is 4.90 Å². The molecule has 0 aliphatic heterocycles. The molecule has 70 valence electrons. The molecule has 4 nitrogen and oxygen atoms in total. The molecule has 0 aromatic heterocycles. The number of hydrogen-bond acceptors (Lipinski definition) is 3. The average molecular weight is 200 g/mol. The SMILES string of the molecule is C=Cc1cccc(O)c1S(=O)(=O)O. The van der Waals surface area contributed by atoms with E-state index < -0.39 is 20.8 Å². The molecule has 0 heterocycles. The van der Waals surface area contributed by atoms with Crippen molar-refractivity contribution in [1.82, 2.24) is 0 Å². The molecule has 0 aliphatic rings. The maximum Gasteiger partial charge on any atom is 0.298 e. The summed E-state index contributed by atoms with van der Waals surface area (Å²) in [6.45, 7) is 3.36. The molecule has 2 N–H and O–H groups in total. The van der Waals surface area contributed by atoms with E-state index in [1.165, 1.54) is 24.3 Å². The van der Waals surface area contributed by atoms with E-state index in [0.29, 0.717) is 0 Å². The van der Waals surface area contributed by atoms with Crippen LogP contribution in [0.3, 0.4) is 0 Å². The summed E-state index contributed by atoms with van der Waals surface area (Å²) < 4.78 is 30.3. The highest BCUT2D eigenvalue weighted by molar-refractivity contribution is 7.86. The van der Waals surface area contributed by atoms with E-state index in [4.69, 9.17) is 4.55 Å². The molecule has 0 saturated carbocycles. The van der Waals surface area contributed by atoms with Gasteiger partial charge in [-0.15, -0.1) is 0 Å².